The van der Waals surface area contributed by atoms with E-state index >= 15 is 0 Å². The molecule has 1 unspecified atom stereocenters. The Hall–Kier alpha value is -3.26. The van der Waals surface area contributed by atoms with Gasteiger partial charge in [0.2, 0.25) is 5.88 Å². The van der Waals surface area contributed by atoms with Crippen LogP contribution in [0.4, 0.5) is 5.69 Å². The zero-order valence-electron chi connectivity index (χ0n) is 13.5. The predicted octanol–water partition coefficient (Wildman–Crippen LogP) is 2.78. The normalized spacial score (nSPS) is 16.0. The van der Waals surface area contributed by atoms with Gasteiger partial charge >= 0.3 is 0 Å². The first-order valence-corrected chi connectivity index (χ1v) is 7.49. The lowest BCUT2D eigenvalue weighted by molar-refractivity contribution is 0.112. The van der Waals surface area contributed by atoms with Gasteiger partial charge in [0.15, 0.2) is 0 Å². The number of allylic oxidation sites excluding steroid dienone is 1. The lowest BCUT2D eigenvalue weighted by Gasteiger charge is -2.27. The van der Waals surface area contributed by atoms with Gasteiger partial charge in [0.25, 0.3) is 0 Å². The molecule has 1 aliphatic heterocycles. The van der Waals surface area contributed by atoms with E-state index in [1.165, 1.54) is 0 Å². The largest absolute Gasteiger partial charge is 0.440 e. The summed E-state index contributed by atoms with van der Waals surface area (Å²) in [5, 5.41) is 9.53. The quantitative estimate of drug-likeness (QED) is 0.880. The Morgan fingerprint density at radius 2 is 1.92 bits per heavy atom. The van der Waals surface area contributed by atoms with Crippen molar-refractivity contribution in [1.29, 1.82) is 5.26 Å². The van der Waals surface area contributed by atoms with Crippen LogP contribution in [0.3, 0.4) is 0 Å². The molecule has 0 aliphatic carbocycles. The Morgan fingerprint density at radius 1 is 1.21 bits per heavy atom. The van der Waals surface area contributed by atoms with Crippen LogP contribution in [0, 0.1) is 11.3 Å². The number of ether oxygens (including phenoxy) is 1. The Labute approximate surface area is 140 Å². The molecule has 2 N–H and O–H groups in total. The minimum atomic E-state index is -0.310. The average Bonchev–Trinajstić information content (AvgIpc) is 2.60. The van der Waals surface area contributed by atoms with Gasteiger partial charge in [0.1, 0.15) is 23.7 Å². The molecule has 0 saturated carbocycles. The molecule has 2 aromatic rings. The van der Waals surface area contributed by atoms with E-state index in [4.69, 9.17) is 10.5 Å². The number of nitriles is 1. The third-order valence-electron chi connectivity index (χ3n) is 4.12. The lowest BCUT2D eigenvalue weighted by atomic mass is 9.83. The first-order valence-electron chi connectivity index (χ1n) is 7.49. The minimum absolute atomic E-state index is 0.116. The maximum absolute atomic E-state index is 10.9. The molecule has 2 aromatic carbocycles. The lowest BCUT2D eigenvalue weighted by Crippen LogP contribution is -2.21. The average molecular weight is 319 g/mol. The van der Waals surface area contributed by atoms with Gasteiger partial charge in [0.05, 0.1) is 5.92 Å². The summed E-state index contributed by atoms with van der Waals surface area (Å²) in [4.78, 5) is 12.8. The van der Waals surface area contributed by atoms with Crippen LogP contribution in [0.25, 0.3) is 0 Å². The van der Waals surface area contributed by atoms with E-state index in [2.05, 4.69) is 6.07 Å². The molecule has 0 bridgehead atoms. The first kappa shape index (κ1) is 15.6. The molecule has 1 atom stereocenters. The van der Waals surface area contributed by atoms with Crippen molar-refractivity contribution in [3.8, 4) is 11.8 Å². The van der Waals surface area contributed by atoms with Crippen LogP contribution in [0.1, 0.15) is 27.4 Å². The molecule has 0 fully saturated rings. The first-order chi connectivity index (χ1) is 11.5. The van der Waals surface area contributed by atoms with E-state index in [-0.39, 0.29) is 11.8 Å². The van der Waals surface area contributed by atoms with Crippen LogP contribution in [0.15, 0.2) is 53.9 Å². The second-order valence-electron chi connectivity index (χ2n) is 5.83. The van der Waals surface area contributed by atoms with Crippen LogP contribution in [-0.2, 0) is 0 Å². The summed E-state index contributed by atoms with van der Waals surface area (Å²) in [5.74, 6) is 0.447. The van der Waals surface area contributed by atoms with Crippen molar-refractivity contribution in [2.75, 3.05) is 19.0 Å². The molecule has 0 spiro atoms. The fourth-order valence-electron chi connectivity index (χ4n) is 2.83. The molecule has 5 nitrogen and oxygen atoms in total. The number of carbonyl (C=O) groups excluding carboxylic acids is 1. The van der Waals surface area contributed by atoms with Crippen molar-refractivity contribution in [3.05, 3.63) is 70.6 Å². The summed E-state index contributed by atoms with van der Waals surface area (Å²) >= 11 is 0. The maximum Gasteiger partial charge on any atom is 0.205 e. The summed E-state index contributed by atoms with van der Waals surface area (Å²) in [6.07, 6.45) is 0.792. The van der Waals surface area contributed by atoms with E-state index in [1.54, 1.807) is 12.1 Å². The van der Waals surface area contributed by atoms with Crippen molar-refractivity contribution in [3.63, 3.8) is 0 Å². The van der Waals surface area contributed by atoms with Crippen molar-refractivity contribution < 1.29 is 9.53 Å². The fourth-order valence-corrected chi connectivity index (χ4v) is 2.83. The number of anilines is 1. The predicted molar refractivity (Wildman–Crippen MR) is 91.9 cm³/mol. The fraction of sp³-hybridized carbons (Fsp3) is 0.158. The molecule has 0 amide bonds. The Bertz CT molecular complexity index is 861. The number of carbonyl (C=O) groups is 1. The Kier molecular flexibility index (Phi) is 3.97. The van der Waals surface area contributed by atoms with Crippen LogP contribution in [0.5, 0.6) is 5.75 Å². The van der Waals surface area contributed by atoms with Crippen molar-refractivity contribution in [2.24, 2.45) is 5.73 Å². The van der Waals surface area contributed by atoms with Crippen molar-refractivity contribution in [2.45, 2.75) is 5.92 Å². The molecule has 0 saturated heterocycles. The molecule has 0 radical (unpaired) electrons. The van der Waals surface area contributed by atoms with Gasteiger partial charge in [-0.25, -0.2) is 0 Å². The van der Waals surface area contributed by atoms with Crippen molar-refractivity contribution >= 4 is 12.0 Å². The van der Waals surface area contributed by atoms with Gasteiger partial charge in [-0.15, -0.1) is 0 Å². The second kappa shape index (κ2) is 6.09. The van der Waals surface area contributed by atoms with Crippen LogP contribution >= 0.6 is 0 Å². The standard InChI is InChI=1S/C19H17N3O2/c1-22(2)14-7-8-15-17(9-14)24-19(21)16(10-20)18(15)13-5-3-12(11-23)4-6-13/h3-9,11,18H,21H2,1-2H3. The molecular weight excluding hydrogens is 302 g/mol. The third kappa shape index (κ3) is 2.59. The smallest absolute Gasteiger partial charge is 0.205 e. The number of benzene rings is 2. The number of aldehydes is 1. The van der Waals surface area contributed by atoms with Gasteiger partial charge in [-0.05, 0) is 11.6 Å². The van der Waals surface area contributed by atoms with Crippen LogP contribution in [-0.4, -0.2) is 20.4 Å². The summed E-state index contributed by atoms with van der Waals surface area (Å²) in [7, 11) is 3.89. The van der Waals surface area contributed by atoms with E-state index in [0.29, 0.717) is 16.9 Å². The highest BCUT2D eigenvalue weighted by Gasteiger charge is 2.30. The number of nitrogens with zero attached hydrogens (tertiary/aromatic N) is 2. The van der Waals surface area contributed by atoms with Gasteiger partial charge in [0, 0.05) is 37.0 Å². The SMILES string of the molecule is CN(C)c1ccc2c(c1)OC(N)=C(C#N)C2c1ccc(C=O)cc1. The van der Waals surface area contributed by atoms with Crippen LogP contribution < -0.4 is 15.4 Å². The molecule has 1 heterocycles. The van der Waals surface area contributed by atoms with Gasteiger partial charge in [-0.3, -0.25) is 4.79 Å². The highest BCUT2D eigenvalue weighted by atomic mass is 16.5. The highest BCUT2D eigenvalue weighted by Crippen LogP contribution is 2.43. The van der Waals surface area contributed by atoms with E-state index in [1.807, 2.05) is 49.3 Å². The molecule has 1 aliphatic rings. The monoisotopic (exact) mass is 319 g/mol. The van der Waals surface area contributed by atoms with Gasteiger partial charge < -0.3 is 15.4 Å². The number of hydrogen-bond donors (Lipinski definition) is 1. The third-order valence-corrected chi connectivity index (χ3v) is 4.12. The number of fused-ring (bicyclic) bond motifs is 1. The Balaban J connectivity index is 2.15. The van der Waals surface area contributed by atoms with Crippen molar-refractivity contribution in [1.82, 2.24) is 0 Å². The molecular formula is C19H17N3O2. The zero-order valence-corrected chi connectivity index (χ0v) is 13.5. The molecule has 3 rings (SSSR count). The number of nitrogens with two attached hydrogens (primary N) is 1. The highest BCUT2D eigenvalue weighted by molar-refractivity contribution is 5.75. The van der Waals surface area contributed by atoms with Gasteiger partial charge in [-0.1, -0.05) is 30.3 Å². The number of hydrogen-bond acceptors (Lipinski definition) is 5. The summed E-state index contributed by atoms with van der Waals surface area (Å²) in [6.45, 7) is 0. The van der Waals surface area contributed by atoms with E-state index in [0.717, 1.165) is 23.1 Å². The topological polar surface area (TPSA) is 79.3 Å². The number of rotatable bonds is 3. The maximum atomic E-state index is 10.9. The molecule has 120 valence electrons. The molecule has 0 aromatic heterocycles. The zero-order chi connectivity index (χ0) is 17.3. The summed E-state index contributed by atoms with van der Waals surface area (Å²) < 4.78 is 5.67. The van der Waals surface area contributed by atoms with Crippen LogP contribution in [0.2, 0.25) is 0 Å². The van der Waals surface area contributed by atoms with E-state index in [9.17, 15) is 10.1 Å². The summed E-state index contributed by atoms with van der Waals surface area (Å²) in [5.41, 5.74) is 9.70. The molecule has 24 heavy (non-hydrogen) atoms. The Morgan fingerprint density at radius 3 is 2.50 bits per heavy atom. The summed E-state index contributed by atoms with van der Waals surface area (Å²) in [6, 6.07) is 15.1. The molecule has 5 heteroatoms. The minimum Gasteiger partial charge on any atom is -0.440 e. The van der Waals surface area contributed by atoms with Gasteiger partial charge in [-0.2, -0.15) is 5.26 Å². The van der Waals surface area contributed by atoms with E-state index < -0.39 is 0 Å². The second-order valence-corrected chi connectivity index (χ2v) is 5.83.